The van der Waals surface area contributed by atoms with Crippen LogP contribution in [0.4, 0.5) is 8.78 Å². The van der Waals surface area contributed by atoms with E-state index < -0.39 is 17.2 Å². The molecule has 1 atom stereocenters. The van der Waals surface area contributed by atoms with Gasteiger partial charge in [-0.25, -0.2) is 4.39 Å². The number of carbonyl (C=O) groups excluding carboxylic acids is 1. The van der Waals surface area contributed by atoms with E-state index >= 15 is 4.39 Å². The van der Waals surface area contributed by atoms with Crippen molar-refractivity contribution in [2.24, 2.45) is 11.3 Å². The number of hydrogen-bond acceptors (Lipinski definition) is 4. The van der Waals surface area contributed by atoms with Crippen LogP contribution >= 0.6 is 0 Å². The lowest BCUT2D eigenvalue weighted by atomic mass is 9.93. The summed E-state index contributed by atoms with van der Waals surface area (Å²) in [5.74, 6) is 0.367. The van der Waals surface area contributed by atoms with E-state index in [1.165, 1.54) is 0 Å². The number of rotatable bonds is 8. The number of ether oxygens (including phenoxy) is 2. The number of carbonyl (C=O) groups is 1. The zero-order valence-electron chi connectivity index (χ0n) is 21.6. The Morgan fingerprint density at radius 2 is 1.92 bits per heavy atom. The SMILES string of the molecule is CC(C)(C)C(=O)Oc1ccc2c(c1F)CCCC=C2c1ccc(OCC2CCN(CCCF)C2)cc1. The van der Waals surface area contributed by atoms with E-state index in [2.05, 4.69) is 11.0 Å². The lowest BCUT2D eigenvalue weighted by molar-refractivity contribution is -0.143. The molecule has 2 aliphatic rings. The van der Waals surface area contributed by atoms with Crippen molar-refractivity contribution in [3.05, 3.63) is 65.0 Å². The summed E-state index contributed by atoms with van der Waals surface area (Å²) in [6.45, 7) is 8.43. The van der Waals surface area contributed by atoms with Crippen LogP contribution in [0.3, 0.4) is 0 Å². The molecule has 0 aromatic heterocycles. The topological polar surface area (TPSA) is 38.8 Å². The van der Waals surface area contributed by atoms with Gasteiger partial charge >= 0.3 is 5.97 Å². The van der Waals surface area contributed by atoms with E-state index in [4.69, 9.17) is 9.47 Å². The number of likely N-dealkylation sites (tertiary alicyclic amines) is 1. The summed E-state index contributed by atoms with van der Waals surface area (Å²) in [5.41, 5.74) is 2.72. The number of allylic oxidation sites excluding steroid dienone is 1. The summed E-state index contributed by atoms with van der Waals surface area (Å²) in [5, 5.41) is 0. The Morgan fingerprint density at radius 3 is 2.64 bits per heavy atom. The van der Waals surface area contributed by atoms with Crippen LogP contribution in [0.1, 0.15) is 63.1 Å². The maximum Gasteiger partial charge on any atom is 0.316 e. The van der Waals surface area contributed by atoms with Crippen LogP contribution in [-0.4, -0.2) is 43.8 Å². The standard InChI is InChI=1S/C30H37F2NO3/c1-30(2,3)29(34)36-27-14-13-25-24(7-4-5-8-26(25)28(27)32)22-9-11-23(12-10-22)35-20-21-15-18-33(19-21)17-6-16-31/h7,9-14,21H,4-6,8,15-20H2,1-3H3. The molecule has 1 unspecified atom stereocenters. The number of halogens is 2. The van der Waals surface area contributed by atoms with Gasteiger partial charge in [0.05, 0.1) is 18.7 Å². The fraction of sp³-hybridized carbons (Fsp3) is 0.500. The molecule has 194 valence electrons. The van der Waals surface area contributed by atoms with Crippen LogP contribution in [0, 0.1) is 17.2 Å². The quantitative estimate of drug-likeness (QED) is 0.304. The van der Waals surface area contributed by atoms with Crippen molar-refractivity contribution in [1.82, 2.24) is 4.90 Å². The molecule has 6 heteroatoms. The number of esters is 1. The molecule has 0 radical (unpaired) electrons. The summed E-state index contributed by atoms with van der Waals surface area (Å²) in [6.07, 6.45) is 6.10. The molecule has 1 heterocycles. The van der Waals surface area contributed by atoms with Crippen LogP contribution in [0.5, 0.6) is 11.5 Å². The fourth-order valence-electron chi connectivity index (χ4n) is 4.82. The minimum atomic E-state index is -0.708. The lowest BCUT2D eigenvalue weighted by Crippen LogP contribution is -2.26. The van der Waals surface area contributed by atoms with Crippen molar-refractivity contribution in [2.45, 2.75) is 52.9 Å². The van der Waals surface area contributed by atoms with Gasteiger partial charge in [0.25, 0.3) is 0 Å². The Kier molecular flexibility index (Phi) is 8.45. The van der Waals surface area contributed by atoms with Crippen molar-refractivity contribution in [3.63, 3.8) is 0 Å². The van der Waals surface area contributed by atoms with E-state index in [1.807, 2.05) is 30.3 Å². The van der Waals surface area contributed by atoms with Gasteiger partial charge in [0.15, 0.2) is 11.6 Å². The molecule has 1 aliphatic carbocycles. The number of hydrogen-bond donors (Lipinski definition) is 0. The molecule has 0 saturated carbocycles. The second-order valence-electron chi connectivity index (χ2n) is 10.9. The minimum Gasteiger partial charge on any atom is -0.493 e. The van der Waals surface area contributed by atoms with Gasteiger partial charge in [0.1, 0.15) is 5.75 Å². The third kappa shape index (κ3) is 6.33. The predicted octanol–water partition coefficient (Wildman–Crippen LogP) is 6.61. The van der Waals surface area contributed by atoms with Gasteiger partial charge < -0.3 is 14.4 Å². The third-order valence-electron chi connectivity index (χ3n) is 6.92. The largest absolute Gasteiger partial charge is 0.493 e. The van der Waals surface area contributed by atoms with Crippen LogP contribution < -0.4 is 9.47 Å². The average Bonchev–Trinajstić information content (AvgIpc) is 3.20. The van der Waals surface area contributed by atoms with Gasteiger partial charge in [-0.1, -0.05) is 24.3 Å². The molecular weight excluding hydrogens is 460 g/mol. The molecule has 1 fully saturated rings. The molecule has 0 N–H and O–H groups in total. The van der Waals surface area contributed by atoms with Crippen molar-refractivity contribution in [3.8, 4) is 11.5 Å². The first-order valence-corrected chi connectivity index (χ1v) is 13.0. The molecule has 0 bridgehead atoms. The maximum absolute atomic E-state index is 15.4. The number of alkyl halides is 1. The fourth-order valence-corrected chi connectivity index (χ4v) is 4.82. The van der Waals surface area contributed by atoms with E-state index in [-0.39, 0.29) is 12.4 Å². The predicted molar refractivity (Wildman–Crippen MR) is 139 cm³/mol. The highest BCUT2D eigenvalue weighted by Crippen LogP contribution is 2.36. The molecular formula is C30H37F2NO3. The highest BCUT2D eigenvalue weighted by atomic mass is 19.1. The van der Waals surface area contributed by atoms with Gasteiger partial charge in [-0.2, -0.15) is 0 Å². The van der Waals surface area contributed by atoms with Gasteiger partial charge in [-0.3, -0.25) is 9.18 Å². The molecule has 4 nitrogen and oxygen atoms in total. The first-order chi connectivity index (χ1) is 17.3. The molecule has 36 heavy (non-hydrogen) atoms. The summed E-state index contributed by atoms with van der Waals surface area (Å²) < 4.78 is 39.3. The number of benzene rings is 2. The van der Waals surface area contributed by atoms with Crippen molar-refractivity contribution >= 4 is 11.5 Å². The smallest absolute Gasteiger partial charge is 0.316 e. The number of fused-ring (bicyclic) bond motifs is 1. The average molecular weight is 498 g/mol. The van der Waals surface area contributed by atoms with Gasteiger partial charge in [-0.05, 0) is 99.9 Å². The van der Waals surface area contributed by atoms with Crippen LogP contribution in [-0.2, 0) is 11.2 Å². The Balaban J connectivity index is 1.44. The Hall–Kier alpha value is -2.73. The lowest BCUT2D eigenvalue weighted by Gasteiger charge is -2.19. The first-order valence-electron chi connectivity index (χ1n) is 13.0. The maximum atomic E-state index is 15.4. The zero-order valence-corrected chi connectivity index (χ0v) is 21.6. The molecule has 2 aromatic rings. The van der Waals surface area contributed by atoms with E-state index in [0.29, 0.717) is 30.9 Å². The minimum absolute atomic E-state index is 0.00570. The van der Waals surface area contributed by atoms with Crippen molar-refractivity contribution in [1.29, 1.82) is 0 Å². The normalized spacial score (nSPS) is 18.4. The molecule has 0 amide bonds. The van der Waals surface area contributed by atoms with Gasteiger partial charge in [-0.15, -0.1) is 0 Å². The molecule has 1 saturated heterocycles. The molecule has 2 aromatic carbocycles. The van der Waals surface area contributed by atoms with E-state index in [1.54, 1.807) is 26.8 Å². The molecule has 0 spiro atoms. The highest BCUT2D eigenvalue weighted by Gasteiger charge is 2.27. The van der Waals surface area contributed by atoms with Gasteiger partial charge in [0.2, 0.25) is 0 Å². The summed E-state index contributed by atoms with van der Waals surface area (Å²) >= 11 is 0. The summed E-state index contributed by atoms with van der Waals surface area (Å²) in [6, 6.07) is 11.4. The zero-order chi connectivity index (χ0) is 25.7. The summed E-state index contributed by atoms with van der Waals surface area (Å²) in [4.78, 5) is 14.6. The molecule has 1 aliphatic heterocycles. The highest BCUT2D eigenvalue weighted by molar-refractivity contribution is 5.83. The van der Waals surface area contributed by atoms with Gasteiger partial charge in [0, 0.05) is 19.0 Å². The van der Waals surface area contributed by atoms with Crippen LogP contribution in [0.25, 0.3) is 5.57 Å². The van der Waals surface area contributed by atoms with Crippen LogP contribution in [0.2, 0.25) is 0 Å². The van der Waals surface area contributed by atoms with Crippen LogP contribution in [0.15, 0.2) is 42.5 Å². The summed E-state index contributed by atoms with van der Waals surface area (Å²) in [7, 11) is 0. The Labute approximate surface area is 213 Å². The Morgan fingerprint density at radius 1 is 1.14 bits per heavy atom. The van der Waals surface area contributed by atoms with Crippen molar-refractivity contribution < 1.29 is 23.0 Å². The third-order valence-corrected chi connectivity index (χ3v) is 6.92. The second-order valence-corrected chi connectivity index (χ2v) is 10.9. The van der Waals surface area contributed by atoms with E-state index in [0.717, 1.165) is 61.3 Å². The Bertz CT molecular complexity index is 1090. The number of nitrogens with zero attached hydrogens (tertiary/aromatic N) is 1. The monoisotopic (exact) mass is 497 g/mol. The second kappa shape index (κ2) is 11.5. The van der Waals surface area contributed by atoms with E-state index in [9.17, 15) is 9.18 Å². The molecule has 4 rings (SSSR count). The van der Waals surface area contributed by atoms with Crippen molar-refractivity contribution in [2.75, 3.05) is 32.9 Å². The first kappa shape index (κ1) is 26.3.